The second-order valence-electron chi connectivity index (χ2n) is 2.05. The van der Waals surface area contributed by atoms with E-state index in [0.717, 1.165) is 12.8 Å². The second-order valence-corrected chi connectivity index (χ2v) is 2.05. The Bertz CT molecular complexity index is 129. The molecule has 0 bridgehead atoms. The van der Waals surface area contributed by atoms with Crippen LogP contribution in [0.5, 0.6) is 0 Å². The molecule has 0 unspecified atom stereocenters. The Morgan fingerprint density at radius 3 is 2.82 bits per heavy atom. The van der Waals surface area contributed by atoms with Crippen LogP contribution in [0.3, 0.4) is 0 Å². The first kappa shape index (κ1) is 10.2. The summed E-state index contributed by atoms with van der Waals surface area (Å²) in [5.74, 6) is -0.560. The third-order valence-corrected chi connectivity index (χ3v) is 1.08. The minimum absolute atomic E-state index is 0.357. The zero-order chi connectivity index (χ0) is 8.53. The first-order valence-electron chi connectivity index (χ1n) is 3.72. The molecule has 3 heteroatoms. The first-order valence-corrected chi connectivity index (χ1v) is 3.72. The Hall–Kier alpha value is -0.830. The molecule has 3 nitrogen and oxygen atoms in total. The molecule has 64 valence electrons. The second kappa shape index (κ2) is 7.28. The van der Waals surface area contributed by atoms with Crippen molar-refractivity contribution in [2.24, 2.45) is 0 Å². The zero-order valence-electron chi connectivity index (χ0n) is 6.75. The van der Waals surface area contributed by atoms with E-state index in [4.69, 9.17) is 5.11 Å². The van der Waals surface area contributed by atoms with Crippen LogP contribution in [0.15, 0.2) is 12.2 Å². The lowest BCUT2D eigenvalue weighted by atomic mass is 10.3. The molecule has 1 N–H and O–H groups in total. The smallest absolute Gasteiger partial charge is 0.331 e. The molecule has 0 saturated carbocycles. The van der Waals surface area contributed by atoms with Crippen LogP contribution in [0, 0.1) is 0 Å². The third kappa shape index (κ3) is 7.06. The van der Waals surface area contributed by atoms with E-state index in [1.165, 1.54) is 0 Å². The molecular weight excluding hydrogens is 144 g/mol. The molecule has 11 heavy (non-hydrogen) atoms. The Balaban J connectivity index is 3.14. The van der Waals surface area contributed by atoms with Crippen LogP contribution in [0.2, 0.25) is 0 Å². The molecule has 0 heterocycles. The van der Waals surface area contributed by atoms with E-state index >= 15 is 0 Å². The summed E-state index contributed by atoms with van der Waals surface area (Å²) in [5, 5.41) is 8.24. The summed E-state index contributed by atoms with van der Waals surface area (Å²) in [4.78, 5) is 10.3. The molecule has 0 fully saturated rings. The Kier molecular flexibility index (Phi) is 6.73. The van der Waals surface area contributed by atoms with Crippen molar-refractivity contribution < 1.29 is 14.6 Å². The summed E-state index contributed by atoms with van der Waals surface area (Å²) < 4.78 is 4.60. The van der Waals surface area contributed by atoms with Crippen molar-refractivity contribution in [3.8, 4) is 0 Å². The highest BCUT2D eigenvalue weighted by Crippen LogP contribution is 1.87. The molecule has 0 aromatic carbocycles. The molecule has 0 saturated heterocycles. The van der Waals surface area contributed by atoms with Gasteiger partial charge in [0.1, 0.15) is 6.61 Å². The van der Waals surface area contributed by atoms with Gasteiger partial charge in [0.15, 0.2) is 0 Å². The summed E-state index contributed by atoms with van der Waals surface area (Å²) in [6, 6.07) is 0. The van der Waals surface area contributed by atoms with E-state index in [-0.39, 0.29) is 0 Å². The van der Waals surface area contributed by atoms with E-state index < -0.39 is 12.6 Å². The fourth-order valence-electron chi connectivity index (χ4n) is 0.571. The van der Waals surface area contributed by atoms with E-state index in [1.807, 2.05) is 19.1 Å². The highest BCUT2D eigenvalue weighted by molar-refractivity contribution is 5.70. The molecular formula is C8H14O3. The van der Waals surface area contributed by atoms with E-state index in [0.29, 0.717) is 6.61 Å². The topological polar surface area (TPSA) is 46.5 Å². The van der Waals surface area contributed by atoms with Gasteiger partial charge in [0, 0.05) is 0 Å². The van der Waals surface area contributed by atoms with Crippen molar-refractivity contribution in [2.75, 3.05) is 13.2 Å². The van der Waals surface area contributed by atoms with Crippen LogP contribution in [-0.4, -0.2) is 24.3 Å². The molecule has 0 aliphatic heterocycles. The molecule has 0 aromatic rings. The van der Waals surface area contributed by atoms with Crippen LogP contribution in [0.25, 0.3) is 0 Å². The van der Waals surface area contributed by atoms with Crippen LogP contribution < -0.4 is 0 Å². The standard InChI is InChI=1S/C8H14O3/c1-2-3-4-5-6-11-8(10)7-9/h3-4,9H,2,5-7H2,1H3/b4-3-. The van der Waals surface area contributed by atoms with Gasteiger partial charge in [-0.25, -0.2) is 4.79 Å². The van der Waals surface area contributed by atoms with E-state index in [9.17, 15) is 4.79 Å². The average molecular weight is 158 g/mol. The molecule has 0 atom stereocenters. The SMILES string of the molecule is CC/C=C\CCOC(=O)CO. The number of hydrogen-bond acceptors (Lipinski definition) is 3. The molecule has 0 aromatic heterocycles. The van der Waals surface area contributed by atoms with Gasteiger partial charge in [-0.2, -0.15) is 0 Å². The van der Waals surface area contributed by atoms with Gasteiger partial charge < -0.3 is 9.84 Å². The van der Waals surface area contributed by atoms with Gasteiger partial charge in [0.05, 0.1) is 6.61 Å². The highest BCUT2D eigenvalue weighted by atomic mass is 16.5. The van der Waals surface area contributed by atoms with E-state index in [2.05, 4.69) is 4.74 Å². The fourth-order valence-corrected chi connectivity index (χ4v) is 0.571. The predicted molar refractivity (Wildman–Crippen MR) is 42.1 cm³/mol. The first-order chi connectivity index (χ1) is 5.31. The van der Waals surface area contributed by atoms with Crippen molar-refractivity contribution in [1.29, 1.82) is 0 Å². The molecule has 0 spiro atoms. The number of rotatable bonds is 5. The van der Waals surface area contributed by atoms with Crippen LogP contribution in [-0.2, 0) is 9.53 Å². The summed E-state index contributed by atoms with van der Waals surface area (Å²) in [5.41, 5.74) is 0. The lowest BCUT2D eigenvalue weighted by Gasteiger charge is -1.98. The average Bonchev–Trinajstić information content (AvgIpc) is 2.04. The molecule has 0 aliphatic carbocycles. The van der Waals surface area contributed by atoms with Crippen molar-refractivity contribution in [3.63, 3.8) is 0 Å². The van der Waals surface area contributed by atoms with Gasteiger partial charge in [-0.05, 0) is 12.8 Å². The summed E-state index contributed by atoms with van der Waals surface area (Å²) in [7, 11) is 0. The van der Waals surface area contributed by atoms with Crippen molar-refractivity contribution >= 4 is 5.97 Å². The van der Waals surface area contributed by atoms with Gasteiger partial charge in [0.2, 0.25) is 0 Å². The number of hydrogen-bond donors (Lipinski definition) is 1. The molecule has 0 aliphatic rings. The van der Waals surface area contributed by atoms with Crippen molar-refractivity contribution in [3.05, 3.63) is 12.2 Å². The number of esters is 1. The molecule has 0 radical (unpaired) electrons. The van der Waals surface area contributed by atoms with Gasteiger partial charge in [-0.3, -0.25) is 0 Å². The lowest BCUT2D eigenvalue weighted by molar-refractivity contribution is -0.146. The van der Waals surface area contributed by atoms with Gasteiger partial charge in [-0.15, -0.1) is 0 Å². The largest absolute Gasteiger partial charge is 0.464 e. The number of aliphatic hydroxyl groups excluding tert-OH is 1. The summed E-state index contributed by atoms with van der Waals surface area (Å²) >= 11 is 0. The van der Waals surface area contributed by atoms with Crippen molar-refractivity contribution in [2.45, 2.75) is 19.8 Å². The maximum absolute atomic E-state index is 10.3. The Labute approximate surface area is 66.7 Å². The van der Waals surface area contributed by atoms with Crippen LogP contribution in [0.1, 0.15) is 19.8 Å². The van der Waals surface area contributed by atoms with Gasteiger partial charge in [-0.1, -0.05) is 19.1 Å². The fraction of sp³-hybridized carbons (Fsp3) is 0.625. The highest BCUT2D eigenvalue weighted by Gasteiger charge is 1.95. The predicted octanol–water partition coefficient (Wildman–Crippen LogP) is 0.878. The number of carbonyl (C=O) groups excluding carboxylic acids is 1. The Morgan fingerprint density at radius 1 is 1.55 bits per heavy atom. The van der Waals surface area contributed by atoms with Crippen LogP contribution >= 0.6 is 0 Å². The van der Waals surface area contributed by atoms with Gasteiger partial charge in [0.25, 0.3) is 0 Å². The van der Waals surface area contributed by atoms with Crippen LogP contribution in [0.4, 0.5) is 0 Å². The maximum atomic E-state index is 10.3. The monoisotopic (exact) mass is 158 g/mol. The van der Waals surface area contributed by atoms with Gasteiger partial charge >= 0.3 is 5.97 Å². The normalized spacial score (nSPS) is 10.4. The van der Waals surface area contributed by atoms with Crippen molar-refractivity contribution in [1.82, 2.24) is 0 Å². The maximum Gasteiger partial charge on any atom is 0.331 e. The summed E-state index contributed by atoms with van der Waals surface area (Å²) in [6.07, 6.45) is 5.67. The van der Waals surface area contributed by atoms with E-state index in [1.54, 1.807) is 0 Å². The summed E-state index contributed by atoms with van der Waals surface area (Å²) in [6.45, 7) is 1.86. The number of aliphatic hydroxyl groups is 1. The third-order valence-electron chi connectivity index (χ3n) is 1.08. The minimum atomic E-state index is -0.560. The minimum Gasteiger partial charge on any atom is -0.464 e. The quantitative estimate of drug-likeness (QED) is 0.367. The molecule has 0 rings (SSSR count). The number of carbonyl (C=O) groups is 1. The zero-order valence-corrected chi connectivity index (χ0v) is 6.75. The Morgan fingerprint density at radius 2 is 2.27 bits per heavy atom. The lowest BCUT2D eigenvalue weighted by Crippen LogP contribution is -2.09. The molecule has 0 amide bonds. The number of ether oxygens (including phenoxy) is 1. The number of allylic oxidation sites excluding steroid dienone is 1.